The molecule has 2 aromatic carbocycles. The molecule has 1 aliphatic heterocycles. The third-order valence-electron chi connectivity index (χ3n) is 4.49. The predicted molar refractivity (Wildman–Crippen MR) is 116 cm³/mol. The van der Waals surface area contributed by atoms with Gasteiger partial charge in [0.15, 0.2) is 5.17 Å². The number of thioether (sulfide) groups is 1. The molecule has 0 spiro atoms. The number of rotatable bonds is 5. The first-order valence-electron chi connectivity index (χ1n) is 9.44. The SMILES string of the molecule is CCCN1C(=O)/C(=C\c2ccc(C(C)C)cc2)SC1=Nc1ccc(C)cc1. The summed E-state index contributed by atoms with van der Waals surface area (Å²) in [6.45, 7) is 9.17. The molecule has 27 heavy (non-hydrogen) atoms. The maximum Gasteiger partial charge on any atom is 0.266 e. The molecule has 1 saturated heterocycles. The van der Waals surface area contributed by atoms with Gasteiger partial charge >= 0.3 is 0 Å². The molecule has 4 heteroatoms. The first-order chi connectivity index (χ1) is 13.0. The number of hydrogen-bond donors (Lipinski definition) is 0. The zero-order valence-electron chi connectivity index (χ0n) is 16.4. The van der Waals surface area contributed by atoms with Crippen molar-refractivity contribution in [2.75, 3.05) is 6.54 Å². The largest absolute Gasteiger partial charge is 0.286 e. The monoisotopic (exact) mass is 378 g/mol. The van der Waals surface area contributed by atoms with Gasteiger partial charge in [-0.05, 0) is 60.4 Å². The second-order valence-corrected chi connectivity index (χ2v) is 8.13. The summed E-state index contributed by atoms with van der Waals surface area (Å²) in [5.41, 5.74) is 4.42. The Balaban J connectivity index is 1.89. The highest BCUT2D eigenvalue weighted by Gasteiger charge is 2.32. The fraction of sp³-hybridized carbons (Fsp3) is 0.304. The van der Waals surface area contributed by atoms with E-state index in [1.54, 1.807) is 4.90 Å². The molecule has 0 radical (unpaired) electrons. The van der Waals surface area contributed by atoms with E-state index in [0.29, 0.717) is 12.5 Å². The van der Waals surface area contributed by atoms with Gasteiger partial charge in [-0.3, -0.25) is 9.69 Å². The number of carbonyl (C=O) groups is 1. The lowest BCUT2D eigenvalue weighted by atomic mass is 10.0. The molecule has 0 unspecified atom stereocenters. The van der Waals surface area contributed by atoms with Crippen LogP contribution in [-0.2, 0) is 4.79 Å². The fourth-order valence-corrected chi connectivity index (χ4v) is 3.90. The lowest BCUT2D eigenvalue weighted by Gasteiger charge is -2.13. The molecule has 1 amide bonds. The number of hydrogen-bond acceptors (Lipinski definition) is 3. The van der Waals surface area contributed by atoms with Gasteiger partial charge in [-0.15, -0.1) is 0 Å². The standard InChI is InChI=1S/C23H26N2OS/c1-5-14-25-22(26)21(15-18-8-10-19(11-9-18)16(2)3)27-23(25)24-20-12-6-17(4)7-13-20/h6-13,15-16H,5,14H2,1-4H3/b21-15+,24-23?. The maximum absolute atomic E-state index is 12.9. The molecule has 1 fully saturated rings. The van der Waals surface area contributed by atoms with Crippen LogP contribution in [0.4, 0.5) is 5.69 Å². The van der Waals surface area contributed by atoms with Crippen LogP contribution in [-0.4, -0.2) is 22.5 Å². The van der Waals surface area contributed by atoms with E-state index in [4.69, 9.17) is 4.99 Å². The molecule has 2 aromatic rings. The van der Waals surface area contributed by atoms with Gasteiger partial charge in [-0.1, -0.05) is 62.7 Å². The minimum Gasteiger partial charge on any atom is -0.286 e. The molecular weight excluding hydrogens is 352 g/mol. The summed E-state index contributed by atoms with van der Waals surface area (Å²) in [6.07, 6.45) is 2.87. The first kappa shape index (κ1) is 19.4. The molecule has 3 rings (SSSR count). The predicted octanol–water partition coefficient (Wildman–Crippen LogP) is 6.13. The number of amidine groups is 1. The molecule has 140 valence electrons. The summed E-state index contributed by atoms with van der Waals surface area (Å²) in [6, 6.07) is 16.5. The van der Waals surface area contributed by atoms with Gasteiger partial charge in [0, 0.05) is 6.54 Å². The second kappa shape index (κ2) is 8.57. The van der Waals surface area contributed by atoms with Crippen molar-refractivity contribution in [1.82, 2.24) is 4.90 Å². The minimum absolute atomic E-state index is 0.0423. The molecule has 0 N–H and O–H groups in total. The van der Waals surface area contributed by atoms with Gasteiger partial charge in [0.05, 0.1) is 10.6 Å². The van der Waals surface area contributed by atoms with Crippen LogP contribution >= 0.6 is 11.8 Å². The average molecular weight is 379 g/mol. The molecular formula is C23H26N2OS. The lowest BCUT2D eigenvalue weighted by molar-refractivity contribution is -0.122. The van der Waals surface area contributed by atoms with Gasteiger partial charge in [0.25, 0.3) is 5.91 Å². The summed E-state index contributed by atoms with van der Waals surface area (Å²) in [5.74, 6) is 0.545. The molecule has 0 atom stereocenters. The van der Waals surface area contributed by atoms with Crippen molar-refractivity contribution < 1.29 is 4.79 Å². The molecule has 1 aliphatic rings. The quantitative estimate of drug-likeness (QED) is 0.586. The number of aliphatic imine (C=N–C) groups is 1. The first-order valence-corrected chi connectivity index (χ1v) is 10.3. The van der Waals surface area contributed by atoms with Crippen LogP contribution in [0.25, 0.3) is 6.08 Å². The molecule has 0 aliphatic carbocycles. The number of carbonyl (C=O) groups excluding carboxylic acids is 1. The summed E-state index contributed by atoms with van der Waals surface area (Å²) in [5, 5.41) is 0.760. The number of nitrogens with zero attached hydrogens (tertiary/aromatic N) is 2. The van der Waals surface area contributed by atoms with Crippen LogP contribution in [0.1, 0.15) is 49.8 Å². The van der Waals surface area contributed by atoms with Crippen LogP contribution in [0.5, 0.6) is 0 Å². The van der Waals surface area contributed by atoms with Crippen LogP contribution in [0.2, 0.25) is 0 Å². The van der Waals surface area contributed by atoms with E-state index in [1.165, 1.54) is 22.9 Å². The van der Waals surface area contributed by atoms with Gasteiger partial charge in [-0.2, -0.15) is 0 Å². The Hall–Kier alpha value is -2.33. The van der Waals surface area contributed by atoms with Crippen molar-refractivity contribution in [2.24, 2.45) is 4.99 Å². The van der Waals surface area contributed by atoms with Crippen LogP contribution in [0.15, 0.2) is 58.4 Å². The van der Waals surface area contributed by atoms with Crippen molar-refractivity contribution in [2.45, 2.75) is 40.0 Å². The highest BCUT2D eigenvalue weighted by Crippen LogP contribution is 2.34. The van der Waals surface area contributed by atoms with Gasteiger partial charge in [-0.25, -0.2) is 4.99 Å². The topological polar surface area (TPSA) is 32.7 Å². The van der Waals surface area contributed by atoms with E-state index >= 15 is 0 Å². The van der Waals surface area contributed by atoms with Crippen LogP contribution < -0.4 is 0 Å². The van der Waals surface area contributed by atoms with E-state index in [1.807, 2.05) is 30.3 Å². The average Bonchev–Trinajstić information content (AvgIpc) is 2.93. The van der Waals surface area contributed by atoms with Crippen molar-refractivity contribution in [1.29, 1.82) is 0 Å². The van der Waals surface area contributed by atoms with Crippen LogP contribution in [0.3, 0.4) is 0 Å². The highest BCUT2D eigenvalue weighted by atomic mass is 32.2. The van der Waals surface area contributed by atoms with E-state index in [-0.39, 0.29) is 5.91 Å². The van der Waals surface area contributed by atoms with Crippen molar-refractivity contribution in [3.05, 3.63) is 70.1 Å². The highest BCUT2D eigenvalue weighted by molar-refractivity contribution is 8.18. The Morgan fingerprint density at radius 2 is 1.74 bits per heavy atom. The zero-order chi connectivity index (χ0) is 19.4. The minimum atomic E-state index is 0.0423. The number of aryl methyl sites for hydroxylation is 1. The Morgan fingerprint density at radius 1 is 1.07 bits per heavy atom. The van der Waals surface area contributed by atoms with E-state index < -0.39 is 0 Å². The van der Waals surface area contributed by atoms with Crippen molar-refractivity contribution in [3.63, 3.8) is 0 Å². The number of amides is 1. The smallest absolute Gasteiger partial charge is 0.266 e. The van der Waals surface area contributed by atoms with E-state index in [9.17, 15) is 4.79 Å². The van der Waals surface area contributed by atoms with Gasteiger partial charge in [0.2, 0.25) is 0 Å². The fourth-order valence-electron chi connectivity index (χ4n) is 2.87. The third kappa shape index (κ3) is 4.69. The van der Waals surface area contributed by atoms with E-state index in [0.717, 1.165) is 27.7 Å². The third-order valence-corrected chi connectivity index (χ3v) is 5.50. The Morgan fingerprint density at radius 3 is 2.33 bits per heavy atom. The summed E-state index contributed by atoms with van der Waals surface area (Å²) < 4.78 is 0. The molecule has 3 nitrogen and oxygen atoms in total. The van der Waals surface area contributed by atoms with Gasteiger partial charge < -0.3 is 0 Å². The Bertz CT molecular complexity index is 864. The molecule has 0 bridgehead atoms. The molecule has 0 saturated carbocycles. The van der Waals surface area contributed by atoms with Crippen LogP contribution in [0, 0.1) is 6.92 Å². The van der Waals surface area contributed by atoms with E-state index in [2.05, 4.69) is 52.0 Å². The summed E-state index contributed by atoms with van der Waals surface area (Å²) in [4.78, 5) is 20.1. The van der Waals surface area contributed by atoms with Crippen molar-refractivity contribution >= 4 is 34.6 Å². The van der Waals surface area contributed by atoms with Gasteiger partial charge in [0.1, 0.15) is 0 Å². The number of benzene rings is 2. The molecule has 1 heterocycles. The van der Waals surface area contributed by atoms with Crippen molar-refractivity contribution in [3.8, 4) is 0 Å². The zero-order valence-corrected chi connectivity index (χ0v) is 17.2. The maximum atomic E-state index is 12.9. The lowest BCUT2D eigenvalue weighted by Crippen LogP contribution is -2.29. The summed E-state index contributed by atoms with van der Waals surface area (Å²) >= 11 is 1.46. The Kier molecular flexibility index (Phi) is 6.17. The summed E-state index contributed by atoms with van der Waals surface area (Å²) in [7, 11) is 0. The molecule has 0 aromatic heterocycles. The second-order valence-electron chi connectivity index (χ2n) is 7.12. The normalized spacial score (nSPS) is 17.5. The Labute approximate surface area is 166 Å².